The third-order valence-corrected chi connectivity index (χ3v) is 8.59. The fourth-order valence-corrected chi connectivity index (χ4v) is 6.33. The van der Waals surface area contributed by atoms with E-state index in [2.05, 4.69) is 33.4 Å². The number of phosphoric ester groups is 1. The second kappa shape index (κ2) is 11.3. The number of fused-ring (bicyclic) bond motifs is 1. The van der Waals surface area contributed by atoms with Crippen molar-refractivity contribution in [1.82, 2.24) is 19.5 Å². The molecule has 0 saturated carbocycles. The molecule has 0 spiro atoms. The first-order valence-electron chi connectivity index (χ1n) is 10.4. The molecular formula is C15H26N5O14P3. The van der Waals surface area contributed by atoms with E-state index in [0.717, 1.165) is 0 Å². The van der Waals surface area contributed by atoms with Gasteiger partial charge in [-0.05, 0) is 5.92 Å². The van der Waals surface area contributed by atoms with Crippen LogP contribution in [0.15, 0.2) is 11.1 Å². The summed E-state index contributed by atoms with van der Waals surface area (Å²) in [4.78, 5) is 59.4. The first-order valence-corrected chi connectivity index (χ1v) is 14.9. The van der Waals surface area contributed by atoms with E-state index in [1.54, 1.807) is 0 Å². The molecule has 1 aliphatic heterocycles. The largest absolute Gasteiger partial charge is 0.490 e. The number of methoxy groups -OCH3 is 1. The molecule has 0 aromatic carbocycles. The maximum Gasteiger partial charge on any atom is 0.490 e. The number of nitrogens with zero attached hydrogens (tertiary/aromatic N) is 3. The molecule has 1 saturated heterocycles. The lowest BCUT2D eigenvalue weighted by atomic mass is 10.1. The molecule has 1 aliphatic rings. The monoisotopic (exact) mass is 593 g/mol. The maximum absolute atomic E-state index is 12.4. The van der Waals surface area contributed by atoms with Crippen molar-refractivity contribution < 1.29 is 61.0 Å². The fourth-order valence-electron chi connectivity index (χ4n) is 3.30. The van der Waals surface area contributed by atoms with Crippen molar-refractivity contribution >= 4 is 40.6 Å². The third-order valence-electron chi connectivity index (χ3n) is 4.79. The van der Waals surface area contributed by atoms with Gasteiger partial charge in [0, 0.05) is 13.7 Å². The molecular weight excluding hydrogens is 567 g/mol. The summed E-state index contributed by atoms with van der Waals surface area (Å²) in [5.41, 5.74) is -0.519. The van der Waals surface area contributed by atoms with E-state index >= 15 is 0 Å². The van der Waals surface area contributed by atoms with Crippen LogP contribution >= 0.6 is 23.5 Å². The minimum absolute atomic E-state index is 0.0419. The minimum atomic E-state index is -5.72. The zero-order valence-electron chi connectivity index (χ0n) is 19.5. The number of ether oxygens (including phenoxy) is 2. The summed E-state index contributed by atoms with van der Waals surface area (Å²) in [6.45, 7) is 3.49. The predicted molar refractivity (Wildman–Crippen MR) is 122 cm³/mol. The summed E-state index contributed by atoms with van der Waals surface area (Å²) in [5.74, 6) is 0.400. The number of anilines is 1. The Labute approximate surface area is 208 Å². The lowest BCUT2D eigenvalue weighted by Crippen LogP contribution is -2.35. The first kappa shape index (κ1) is 30.0. The number of nitrogens with one attached hydrogen (secondary N) is 2. The Bertz CT molecular complexity index is 1310. The molecule has 6 atom stereocenters. The Hall–Kier alpha value is -1.56. The Morgan fingerprint density at radius 2 is 1.86 bits per heavy atom. The predicted octanol–water partition coefficient (Wildman–Crippen LogP) is -0.196. The molecule has 3 rings (SSSR count). The zero-order valence-corrected chi connectivity index (χ0v) is 22.2. The highest BCUT2D eigenvalue weighted by molar-refractivity contribution is 7.66. The van der Waals surface area contributed by atoms with Crippen LogP contribution in [0.3, 0.4) is 0 Å². The highest BCUT2D eigenvalue weighted by Crippen LogP contribution is 2.66. The van der Waals surface area contributed by atoms with E-state index in [0.29, 0.717) is 6.54 Å². The fraction of sp³-hybridized carbons (Fsp3) is 0.667. The molecule has 19 nitrogen and oxygen atoms in total. The van der Waals surface area contributed by atoms with Gasteiger partial charge >= 0.3 is 23.5 Å². The molecule has 2 aromatic rings. The van der Waals surface area contributed by atoms with Crippen LogP contribution in [0.5, 0.6) is 0 Å². The van der Waals surface area contributed by atoms with Gasteiger partial charge < -0.3 is 39.5 Å². The number of aromatic amines is 1. The van der Waals surface area contributed by atoms with Crippen LogP contribution in [-0.4, -0.2) is 82.8 Å². The van der Waals surface area contributed by atoms with Crippen molar-refractivity contribution in [3.8, 4) is 0 Å². The number of hydrogen-bond acceptors (Lipinski definition) is 13. The van der Waals surface area contributed by atoms with Gasteiger partial charge in [-0.1, -0.05) is 13.8 Å². The number of H-pyrrole nitrogens is 1. The first-order chi connectivity index (χ1) is 17.0. The van der Waals surface area contributed by atoms with E-state index in [1.807, 2.05) is 13.8 Å². The number of rotatable bonds is 12. The van der Waals surface area contributed by atoms with Crippen LogP contribution in [0.1, 0.15) is 20.1 Å². The molecule has 0 aliphatic carbocycles. The van der Waals surface area contributed by atoms with Crippen LogP contribution in [-0.2, 0) is 36.3 Å². The van der Waals surface area contributed by atoms with Gasteiger partial charge in [-0.3, -0.25) is 18.9 Å². The highest BCUT2D eigenvalue weighted by atomic mass is 31.3. The van der Waals surface area contributed by atoms with Crippen LogP contribution < -0.4 is 10.9 Å². The second-order valence-electron chi connectivity index (χ2n) is 8.16. The van der Waals surface area contributed by atoms with Gasteiger partial charge in [-0.15, -0.1) is 0 Å². The van der Waals surface area contributed by atoms with Gasteiger partial charge in [0.25, 0.3) is 5.56 Å². The number of aliphatic hydroxyl groups is 1. The Balaban J connectivity index is 1.79. The van der Waals surface area contributed by atoms with Crippen molar-refractivity contribution in [2.45, 2.75) is 38.4 Å². The number of aromatic nitrogens is 4. The quantitative estimate of drug-likeness (QED) is 0.157. The SMILES string of the molecule is CO[C@@H]1[C@H](O)[C@@H](COP(=O)(O)OP(=O)(O)OP(=O)(O)O)O[C@H]1n1cnc2c(=O)[nH]c(NCC(C)C)nc21. The molecule has 7 N–H and O–H groups in total. The van der Waals surface area contributed by atoms with Gasteiger partial charge in [-0.2, -0.15) is 13.6 Å². The highest BCUT2D eigenvalue weighted by Gasteiger charge is 2.48. The Kier molecular flexibility index (Phi) is 9.14. The average molecular weight is 593 g/mol. The summed E-state index contributed by atoms with van der Waals surface area (Å²) >= 11 is 0. The number of aliphatic hydroxyl groups excluding tert-OH is 1. The zero-order chi connectivity index (χ0) is 27.8. The van der Waals surface area contributed by atoms with Crippen molar-refractivity contribution in [3.63, 3.8) is 0 Å². The number of imidazole rings is 1. The second-order valence-corrected chi connectivity index (χ2v) is 12.6. The molecule has 37 heavy (non-hydrogen) atoms. The lowest BCUT2D eigenvalue weighted by Gasteiger charge is -2.20. The summed E-state index contributed by atoms with van der Waals surface area (Å²) in [6.07, 6.45) is -3.96. The molecule has 2 unspecified atom stereocenters. The van der Waals surface area contributed by atoms with Gasteiger partial charge in [-0.25, -0.2) is 18.7 Å². The van der Waals surface area contributed by atoms with E-state index in [-0.39, 0.29) is 23.0 Å². The number of phosphoric acid groups is 3. The molecule has 0 bridgehead atoms. The Morgan fingerprint density at radius 1 is 1.19 bits per heavy atom. The van der Waals surface area contributed by atoms with Crippen LogP contribution in [0.2, 0.25) is 0 Å². The van der Waals surface area contributed by atoms with Crippen molar-refractivity contribution in [3.05, 3.63) is 16.7 Å². The van der Waals surface area contributed by atoms with Gasteiger partial charge in [0.15, 0.2) is 17.4 Å². The van der Waals surface area contributed by atoms with Gasteiger partial charge in [0.1, 0.15) is 18.3 Å². The van der Waals surface area contributed by atoms with E-state index in [1.165, 1.54) is 18.0 Å². The standard InChI is InChI=1S/C15H26N5O14P3/c1-7(2)4-16-15-18-12-9(13(22)19-15)17-6-20(12)14-11(30-3)10(21)8(32-14)5-31-36(26,27)34-37(28,29)33-35(23,24)25/h6-8,10-11,14,21H,4-5H2,1-3H3,(H,26,27)(H,28,29)(H2,23,24,25)(H2,16,18,19,22)/t8-,10-,11-,14-/m1/s1. The summed E-state index contributed by atoms with van der Waals surface area (Å²) in [7, 11) is -15.5. The summed E-state index contributed by atoms with van der Waals surface area (Å²) < 4.78 is 58.3. The molecule has 0 radical (unpaired) electrons. The molecule has 2 aromatic heterocycles. The van der Waals surface area contributed by atoms with E-state index < -0.39 is 60.2 Å². The van der Waals surface area contributed by atoms with Crippen molar-refractivity contribution in [2.24, 2.45) is 5.92 Å². The normalized spacial score (nSPS) is 25.9. The molecule has 22 heteroatoms. The van der Waals surface area contributed by atoms with Gasteiger partial charge in [0.05, 0.1) is 12.9 Å². The summed E-state index contributed by atoms with van der Waals surface area (Å²) in [6, 6.07) is 0. The average Bonchev–Trinajstić information content (AvgIpc) is 3.29. The minimum Gasteiger partial charge on any atom is -0.387 e. The van der Waals surface area contributed by atoms with E-state index in [4.69, 9.17) is 19.3 Å². The molecule has 3 heterocycles. The number of hydrogen-bond donors (Lipinski definition) is 7. The molecule has 210 valence electrons. The maximum atomic E-state index is 12.4. The smallest absolute Gasteiger partial charge is 0.387 e. The molecule has 0 amide bonds. The molecule has 1 fully saturated rings. The summed E-state index contributed by atoms with van der Waals surface area (Å²) in [5, 5.41) is 13.6. The van der Waals surface area contributed by atoms with E-state index in [9.17, 15) is 33.4 Å². The topological polar surface area (TPSA) is 274 Å². The third kappa shape index (κ3) is 7.74. The van der Waals surface area contributed by atoms with Crippen molar-refractivity contribution in [2.75, 3.05) is 25.6 Å². The lowest BCUT2D eigenvalue weighted by molar-refractivity contribution is -0.0577. The van der Waals surface area contributed by atoms with Gasteiger partial charge in [0.2, 0.25) is 5.95 Å². The van der Waals surface area contributed by atoms with Crippen LogP contribution in [0, 0.1) is 5.92 Å². The van der Waals surface area contributed by atoms with Crippen molar-refractivity contribution in [1.29, 1.82) is 0 Å². The van der Waals surface area contributed by atoms with Crippen LogP contribution in [0.4, 0.5) is 5.95 Å². The Morgan fingerprint density at radius 3 is 2.46 bits per heavy atom. The van der Waals surface area contributed by atoms with Crippen LogP contribution in [0.25, 0.3) is 11.2 Å².